The van der Waals surface area contributed by atoms with Crippen molar-refractivity contribution in [3.63, 3.8) is 0 Å². The van der Waals surface area contributed by atoms with Crippen LogP contribution in [0.25, 0.3) is 0 Å². The van der Waals surface area contributed by atoms with E-state index in [1.54, 1.807) is 4.90 Å². The van der Waals surface area contributed by atoms with Crippen LogP contribution < -0.4 is 4.90 Å². The predicted molar refractivity (Wildman–Crippen MR) is 75.5 cm³/mol. The van der Waals surface area contributed by atoms with Crippen LogP contribution in [0, 0.1) is 34.0 Å². The van der Waals surface area contributed by atoms with E-state index < -0.39 is 5.41 Å². The third-order valence-electron chi connectivity index (χ3n) is 3.78. The molecule has 1 amide bonds. The molecule has 1 aromatic rings. The maximum absolute atomic E-state index is 12.7. The fraction of sp³-hybridized carbons (Fsp3) is 0.438. The van der Waals surface area contributed by atoms with Gasteiger partial charge in [-0.2, -0.15) is 10.5 Å². The predicted octanol–water partition coefficient (Wildman–Crippen LogP) is 2.87. The maximum Gasteiger partial charge on any atom is 0.247 e. The summed E-state index contributed by atoms with van der Waals surface area (Å²) in [6.45, 7) is 2.38. The van der Waals surface area contributed by atoms with E-state index in [0.29, 0.717) is 25.3 Å². The summed E-state index contributed by atoms with van der Waals surface area (Å²) < 4.78 is 0. The summed E-state index contributed by atoms with van der Waals surface area (Å²) in [4.78, 5) is 14.3. The first-order valence-electron chi connectivity index (χ1n) is 6.78. The van der Waals surface area contributed by atoms with Gasteiger partial charge in [0.15, 0.2) is 0 Å². The Morgan fingerprint density at radius 3 is 2.50 bits per heavy atom. The van der Waals surface area contributed by atoms with Crippen molar-refractivity contribution in [3.8, 4) is 12.1 Å². The van der Waals surface area contributed by atoms with E-state index in [4.69, 9.17) is 5.26 Å². The summed E-state index contributed by atoms with van der Waals surface area (Å²) in [6.07, 6.45) is 1.48. The molecular weight excluding hydrogens is 250 g/mol. The SMILES string of the molecule is CC1CC(C#N)(C(=O)N(CCC#N)c2ccccc2)C1. The monoisotopic (exact) mass is 267 g/mol. The minimum absolute atomic E-state index is 0.167. The van der Waals surface area contributed by atoms with Gasteiger partial charge in [-0.3, -0.25) is 4.79 Å². The summed E-state index contributed by atoms with van der Waals surface area (Å²) >= 11 is 0. The molecule has 0 saturated heterocycles. The molecule has 0 aliphatic heterocycles. The fourth-order valence-electron chi connectivity index (χ4n) is 2.82. The smallest absolute Gasteiger partial charge is 0.247 e. The van der Waals surface area contributed by atoms with E-state index >= 15 is 0 Å². The molecule has 1 saturated carbocycles. The molecule has 0 heterocycles. The Morgan fingerprint density at radius 2 is 2.00 bits per heavy atom. The number of nitriles is 2. The highest BCUT2D eigenvalue weighted by Gasteiger charge is 2.50. The van der Waals surface area contributed by atoms with Crippen LogP contribution in [0.15, 0.2) is 30.3 Å². The van der Waals surface area contributed by atoms with Crippen LogP contribution in [-0.2, 0) is 4.79 Å². The third-order valence-corrected chi connectivity index (χ3v) is 3.78. The molecule has 4 heteroatoms. The minimum Gasteiger partial charge on any atom is -0.310 e. The van der Waals surface area contributed by atoms with Gasteiger partial charge in [0.2, 0.25) is 5.91 Å². The average molecular weight is 267 g/mol. The molecule has 0 atom stereocenters. The van der Waals surface area contributed by atoms with Gasteiger partial charge in [-0.25, -0.2) is 0 Å². The Morgan fingerprint density at radius 1 is 1.35 bits per heavy atom. The molecule has 1 fully saturated rings. The van der Waals surface area contributed by atoms with Crippen LogP contribution in [0.3, 0.4) is 0 Å². The standard InChI is InChI=1S/C16H17N3O/c1-13-10-16(11-13,12-18)15(20)19(9-5-8-17)14-6-3-2-4-7-14/h2-4,6-7,13H,5,9-11H2,1H3. The number of amides is 1. The van der Waals surface area contributed by atoms with Crippen molar-refractivity contribution in [1.29, 1.82) is 10.5 Å². The number of hydrogen-bond donors (Lipinski definition) is 0. The van der Waals surface area contributed by atoms with Crippen molar-refractivity contribution >= 4 is 11.6 Å². The van der Waals surface area contributed by atoms with Crippen LogP contribution in [0.1, 0.15) is 26.2 Å². The van der Waals surface area contributed by atoms with E-state index in [1.807, 2.05) is 37.3 Å². The summed E-state index contributed by atoms with van der Waals surface area (Å²) in [6, 6.07) is 13.5. The number of benzene rings is 1. The normalized spacial score (nSPS) is 24.1. The van der Waals surface area contributed by atoms with E-state index in [1.165, 1.54) is 0 Å². The zero-order chi connectivity index (χ0) is 14.6. The molecule has 0 unspecified atom stereocenters. The lowest BCUT2D eigenvalue weighted by Gasteiger charge is -2.42. The molecular formula is C16H17N3O. The Labute approximate surface area is 119 Å². The molecule has 1 aromatic carbocycles. The van der Waals surface area contributed by atoms with E-state index in [2.05, 4.69) is 12.1 Å². The summed E-state index contributed by atoms with van der Waals surface area (Å²) in [5.74, 6) is 0.242. The van der Waals surface area contributed by atoms with Gasteiger partial charge in [0.05, 0.1) is 18.6 Å². The summed E-state index contributed by atoms with van der Waals surface area (Å²) in [5.41, 5.74) is -0.146. The second kappa shape index (κ2) is 5.75. The van der Waals surface area contributed by atoms with Crippen molar-refractivity contribution in [2.24, 2.45) is 11.3 Å². The molecule has 0 spiro atoms. The number of rotatable bonds is 4. The largest absolute Gasteiger partial charge is 0.310 e. The van der Waals surface area contributed by atoms with Crippen molar-refractivity contribution in [1.82, 2.24) is 0 Å². The fourth-order valence-corrected chi connectivity index (χ4v) is 2.82. The molecule has 2 rings (SSSR count). The number of para-hydroxylation sites is 1. The zero-order valence-electron chi connectivity index (χ0n) is 11.5. The molecule has 20 heavy (non-hydrogen) atoms. The first kappa shape index (κ1) is 14.1. The van der Waals surface area contributed by atoms with Crippen molar-refractivity contribution in [2.75, 3.05) is 11.4 Å². The number of carbonyl (C=O) groups is 1. The molecule has 0 aromatic heterocycles. The van der Waals surface area contributed by atoms with Gasteiger partial charge in [-0.15, -0.1) is 0 Å². The van der Waals surface area contributed by atoms with Gasteiger partial charge < -0.3 is 4.90 Å². The van der Waals surface area contributed by atoms with Crippen LogP contribution in [0.2, 0.25) is 0 Å². The number of carbonyl (C=O) groups excluding carboxylic acids is 1. The zero-order valence-corrected chi connectivity index (χ0v) is 11.5. The van der Waals surface area contributed by atoms with Crippen LogP contribution in [0.4, 0.5) is 5.69 Å². The van der Waals surface area contributed by atoms with Crippen LogP contribution in [0.5, 0.6) is 0 Å². The van der Waals surface area contributed by atoms with Crippen LogP contribution in [-0.4, -0.2) is 12.5 Å². The second-order valence-electron chi connectivity index (χ2n) is 5.41. The van der Waals surface area contributed by atoms with Gasteiger partial charge in [0.25, 0.3) is 0 Å². The van der Waals surface area contributed by atoms with Gasteiger partial charge >= 0.3 is 0 Å². The molecule has 1 aliphatic carbocycles. The van der Waals surface area contributed by atoms with Gasteiger partial charge in [0.1, 0.15) is 5.41 Å². The maximum atomic E-state index is 12.7. The lowest BCUT2D eigenvalue weighted by Crippen LogP contribution is -2.50. The highest BCUT2D eigenvalue weighted by atomic mass is 16.2. The quantitative estimate of drug-likeness (QED) is 0.842. The molecule has 0 bridgehead atoms. The number of nitrogens with zero attached hydrogens (tertiary/aromatic N) is 3. The number of anilines is 1. The average Bonchev–Trinajstić information content (AvgIpc) is 2.45. The van der Waals surface area contributed by atoms with Gasteiger partial charge in [0, 0.05) is 12.2 Å². The highest BCUT2D eigenvalue weighted by Crippen LogP contribution is 2.46. The first-order chi connectivity index (χ1) is 9.63. The molecule has 1 aliphatic rings. The van der Waals surface area contributed by atoms with Crippen molar-refractivity contribution in [3.05, 3.63) is 30.3 Å². The van der Waals surface area contributed by atoms with Crippen molar-refractivity contribution in [2.45, 2.75) is 26.2 Å². The second-order valence-corrected chi connectivity index (χ2v) is 5.41. The Hall–Kier alpha value is -2.33. The van der Waals surface area contributed by atoms with E-state index in [0.717, 1.165) is 5.69 Å². The van der Waals surface area contributed by atoms with Crippen molar-refractivity contribution < 1.29 is 4.79 Å². The Bertz CT molecular complexity index is 562. The van der Waals surface area contributed by atoms with Crippen LogP contribution >= 0.6 is 0 Å². The Balaban J connectivity index is 2.26. The topological polar surface area (TPSA) is 67.9 Å². The third kappa shape index (κ3) is 2.51. The Kier molecular flexibility index (Phi) is 4.05. The minimum atomic E-state index is -0.898. The first-order valence-corrected chi connectivity index (χ1v) is 6.78. The summed E-state index contributed by atoms with van der Waals surface area (Å²) in [7, 11) is 0. The summed E-state index contributed by atoms with van der Waals surface area (Å²) in [5, 5.41) is 18.1. The molecule has 0 N–H and O–H groups in total. The van der Waals surface area contributed by atoms with Gasteiger partial charge in [-0.05, 0) is 30.9 Å². The van der Waals surface area contributed by atoms with Gasteiger partial charge in [-0.1, -0.05) is 25.1 Å². The highest BCUT2D eigenvalue weighted by molar-refractivity contribution is 6.00. The lowest BCUT2D eigenvalue weighted by molar-refractivity contribution is -0.131. The number of hydrogen-bond acceptors (Lipinski definition) is 3. The van der Waals surface area contributed by atoms with E-state index in [9.17, 15) is 10.1 Å². The molecule has 102 valence electrons. The molecule has 0 radical (unpaired) electrons. The molecule has 4 nitrogen and oxygen atoms in total. The van der Waals surface area contributed by atoms with E-state index in [-0.39, 0.29) is 12.3 Å². The lowest BCUT2D eigenvalue weighted by atomic mass is 9.62.